The molecule has 0 spiro atoms. The van der Waals surface area contributed by atoms with E-state index < -0.39 is 6.10 Å². The molecule has 25 heavy (non-hydrogen) atoms. The first-order valence-corrected chi connectivity index (χ1v) is 8.00. The number of benzene rings is 2. The van der Waals surface area contributed by atoms with Crippen molar-refractivity contribution in [2.75, 3.05) is 7.11 Å². The lowest BCUT2D eigenvalue weighted by atomic mass is 9.97. The lowest BCUT2D eigenvalue weighted by molar-refractivity contribution is 0.0453. The van der Waals surface area contributed by atoms with Gasteiger partial charge in [-0.05, 0) is 23.8 Å². The number of aromatic amines is 1. The van der Waals surface area contributed by atoms with Crippen LogP contribution < -0.4 is 4.74 Å². The molecule has 5 rings (SSSR count). The van der Waals surface area contributed by atoms with Gasteiger partial charge in [-0.15, -0.1) is 0 Å². The first kappa shape index (κ1) is 14.0. The summed E-state index contributed by atoms with van der Waals surface area (Å²) < 4.78 is 10.9. The molecule has 1 aliphatic rings. The molecule has 5 heteroatoms. The maximum Gasteiger partial charge on any atom is 0.358 e. The summed E-state index contributed by atoms with van der Waals surface area (Å²) >= 11 is 0. The van der Waals surface area contributed by atoms with Crippen LogP contribution in [0.4, 0.5) is 0 Å². The average Bonchev–Trinajstić information content (AvgIpc) is 3.19. The van der Waals surface area contributed by atoms with Gasteiger partial charge < -0.3 is 14.5 Å². The molecule has 1 unspecified atom stereocenters. The second kappa shape index (κ2) is 5.08. The number of pyridine rings is 1. The van der Waals surface area contributed by atoms with E-state index in [1.807, 2.05) is 48.5 Å². The Bertz CT molecular complexity index is 1130. The largest absolute Gasteiger partial charge is 0.497 e. The standard InChI is InChI=1S/C20H14N2O3/c1-24-12-8-6-11(7-9-12)19-17-16-13-4-2-3-5-14(13)22-15(16)10-21-18(17)20(23)25-19/h2-10,19,22H,1H3. The minimum atomic E-state index is -0.469. The molecule has 0 fully saturated rings. The maximum absolute atomic E-state index is 12.4. The SMILES string of the molecule is COc1ccc(C2OC(=O)c3ncc4[nH]c5ccccc5c4c32)cc1. The Morgan fingerprint density at radius 3 is 2.68 bits per heavy atom. The number of hydrogen-bond acceptors (Lipinski definition) is 4. The van der Waals surface area contributed by atoms with E-state index in [9.17, 15) is 4.79 Å². The Balaban J connectivity index is 1.80. The van der Waals surface area contributed by atoms with Crippen molar-refractivity contribution < 1.29 is 14.3 Å². The quantitative estimate of drug-likeness (QED) is 0.565. The number of H-pyrrole nitrogens is 1. The van der Waals surface area contributed by atoms with E-state index in [0.717, 1.165) is 38.7 Å². The van der Waals surface area contributed by atoms with Gasteiger partial charge in [0.2, 0.25) is 0 Å². The third-order valence-electron chi connectivity index (χ3n) is 4.68. The van der Waals surface area contributed by atoms with E-state index >= 15 is 0 Å². The van der Waals surface area contributed by atoms with E-state index in [1.54, 1.807) is 13.3 Å². The third kappa shape index (κ3) is 1.96. The van der Waals surface area contributed by atoms with Crippen molar-refractivity contribution >= 4 is 27.8 Å². The lowest BCUT2D eigenvalue weighted by Gasteiger charge is -2.12. The number of ether oxygens (including phenoxy) is 2. The predicted octanol–water partition coefficient (Wildman–Crippen LogP) is 3.98. The summed E-state index contributed by atoms with van der Waals surface area (Å²) in [5.41, 5.74) is 4.02. The van der Waals surface area contributed by atoms with E-state index in [2.05, 4.69) is 9.97 Å². The number of methoxy groups -OCH3 is 1. The number of nitrogens with one attached hydrogen (secondary N) is 1. The van der Waals surface area contributed by atoms with E-state index in [4.69, 9.17) is 9.47 Å². The first-order valence-electron chi connectivity index (χ1n) is 8.00. The normalized spacial score (nSPS) is 16.2. The van der Waals surface area contributed by atoms with Gasteiger partial charge in [-0.2, -0.15) is 0 Å². The fraction of sp³-hybridized carbons (Fsp3) is 0.100. The molecule has 3 heterocycles. The van der Waals surface area contributed by atoms with Gasteiger partial charge in [-0.25, -0.2) is 9.78 Å². The van der Waals surface area contributed by atoms with Crippen molar-refractivity contribution in [2.24, 2.45) is 0 Å². The second-order valence-corrected chi connectivity index (χ2v) is 6.04. The van der Waals surface area contributed by atoms with Crippen molar-refractivity contribution in [3.05, 3.63) is 71.5 Å². The monoisotopic (exact) mass is 330 g/mol. The number of nitrogens with zero attached hydrogens (tertiary/aromatic N) is 1. The van der Waals surface area contributed by atoms with Gasteiger partial charge in [0.1, 0.15) is 5.75 Å². The minimum Gasteiger partial charge on any atom is -0.497 e. The molecule has 1 atom stereocenters. The number of hydrogen-bond donors (Lipinski definition) is 1. The number of rotatable bonds is 2. The zero-order valence-electron chi connectivity index (χ0n) is 13.4. The van der Waals surface area contributed by atoms with E-state index in [1.165, 1.54) is 0 Å². The van der Waals surface area contributed by atoms with Crippen LogP contribution in [0.2, 0.25) is 0 Å². The lowest BCUT2D eigenvalue weighted by Crippen LogP contribution is -2.01. The Kier molecular flexibility index (Phi) is 2.85. The van der Waals surface area contributed by atoms with Gasteiger partial charge >= 0.3 is 5.97 Å². The molecule has 122 valence electrons. The van der Waals surface area contributed by atoms with Gasteiger partial charge in [0, 0.05) is 21.9 Å². The topological polar surface area (TPSA) is 64.2 Å². The summed E-state index contributed by atoms with van der Waals surface area (Å²) in [5, 5.41) is 2.06. The molecule has 2 aromatic carbocycles. The van der Waals surface area contributed by atoms with Crippen LogP contribution in [-0.4, -0.2) is 23.0 Å². The maximum atomic E-state index is 12.4. The summed E-state index contributed by atoms with van der Waals surface area (Å²) in [6.45, 7) is 0. The highest BCUT2D eigenvalue weighted by molar-refractivity contribution is 6.12. The Morgan fingerprint density at radius 1 is 1.08 bits per heavy atom. The fourth-order valence-electron chi connectivity index (χ4n) is 3.52. The molecule has 5 nitrogen and oxygen atoms in total. The van der Waals surface area contributed by atoms with Crippen LogP contribution in [0.1, 0.15) is 27.7 Å². The molecular formula is C20H14N2O3. The van der Waals surface area contributed by atoms with Gasteiger partial charge in [-0.1, -0.05) is 30.3 Å². The summed E-state index contributed by atoms with van der Waals surface area (Å²) in [7, 11) is 1.62. The molecule has 0 amide bonds. The third-order valence-corrected chi connectivity index (χ3v) is 4.68. The molecule has 0 saturated heterocycles. The molecule has 4 aromatic rings. The van der Waals surface area contributed by atoms with Crippen LogP contribution in [0.3, 0.4) is 0 Å². The van der Waals surface area contributed by atoms with Crippen molar-refractivity contribution in [1.82, 2.24) is 9.97 Å². The van der Waals surface area contributed by atoms with Crippen LogP contribution in [0.15, 0.2) is 54.7 Å². The minimum absolute atomic E-state index is 0.386. The highest BCUT2D eigenvalue weighted by atomic mass is 16.5. The summed E-state index contributed by atoms with van der Waals surface area (Å²) in [4.78, 5) is 20.1. The molecule has 2 aromatic heterocycles. The molecule has 0 radical (unpaired) electrons. The Labute approximate surface area is 143 Å². The van der Waals surface area contributed by atoms with Crippen LogP contribution in [-0.2, 0) is 4.74 Å². The number of para-hydroxylation sites is 1. The molecular weight excluding hydrogens is 316 g/mol. The van der Waals surface area contributed by atoms with Crippen molar-refractivity contribution in [1.29, 1.82) is 0 Å². The first-order chi connectivity index (χ1) is 12.3. The summed E-state index contributed by atoms with van der Waals surface area (Å²) in [6.07, 6.45) is 1.23. The molecule has 0 bridgehead atoms. The van der Waals surface area contributed by atoms with Gasteiger partial charge in [0.05, 0.1) is 18.8 Å². The molecule has 0 aliphatic carbocycles. The second-order valence-electron chi connectivity index (χ2n) is 6.04. The van der Waals surface area contributed by atoms with Crippen LogP contribution >= 0.6 is 0 Å². The highest BCUT2D eigenvalue weighted by Gasteiger charge is 2.36. The van der Waals surface area contributed by atoms with Crippen LogP contribution in [0.5, 0.6) is 5.75 Å². The Hall–Kier alpha value is -3.34. The highest BCUT2D eigenvalue weighted by Crippen LogP contribution is 2.42. The number of carbonyl (C=O) groups excluding carboxylic acids is 1. The number of aromatic nitrogens is 2. The number of esters is 1. The van der Waals surface area contributed by atoms with Crippen molar-refractivity contribution in [3.8, 4) is 5.75 Å². The van der Waals surface area contributed by atoms with Crippen molar-refractivity contribution in [3.63, 3.8) is 0 Å². The average molecular weight is 330 g/mol. The van der Waals surface area contributed by atoms with E-state index in [0.29, 0.717) is 5.69 Å². The molecule has 0 saturated carbocycles. The number of cyclic esters (lactones) is 1. The molecule has 1 N–H and O–H groups in total. The van der Waals surface area contributed by atoms with Crippen LogP contribution in [0.25, 0.3) is 21.8 Å². The molecule has 1 aliphatic heterocycles. The smallest absolute Gasteiger partial charge is 0.358 e. The summed E-state index contributed by atoms with van der Waals surface area (Å²) in [6, 6.07) is 15.6. The number of carbonyl (C=O) groups is 1. The summed E-state index contributed by atoms with van der Waals surface area (Å²) in [5.74, 6) is 0.375. The Morgan fingerprint density at radius 2 is 1.88 bits per heavy atom. The predicted molar refractivity (Wildman–Crippen MR) is 93.9 cm³/mol. The number of fused-ring (bicyclic) bond motifs is 5. The van der Waals surface area contributed by atoms with Gasteiger partial charge in [0.15, 0.2) is 11.8 Å². The van der Waals surface area contributed by atoms with Gasteiger partial charge in [0.25, 0.3) is 0 Å². The fourth-order valence-corrected chi connectivity index (χ4v) is 3.52. The van der Waals surface area contributed by atoms with Crippen LogP contribution in [0, 0.1) is 0 Å². The van der Waals surface area contributed by atoms with E-state index in [-0.39, 0.29) is 5.97 Å². The zero-order chi connectivity index (χ0) is 17.0. The zero-order valence-corrected chi connectivity index (χ0v) is 13.4. The van der Waals surface area contributed by atoms with Crippen molar-refractivity contribution in [2.45, 2.75) is 6.10 Å². The van der Waals surface area contributed by atoms with Gasteiger partial charge in [-0.3, -0.25) is 0 Å².